The van der Waals surface area contributed by atoms with Crippen LogP contribution >= 0.6 is 0 Å². The maximum atomic E-state index is 9.69. The standard InChI is InChI=1S/C17H36N2O/c1-5-17(14-20,18-6-2)12-9-13-19(4)16-11-8-7-10-15(16)3/h15-16,18,20H,5-14H2,1-4H3. The molecule has 20 heavy (non-hydrogen) atoms. The highest BCUT2D eigenvalue weighted by Gasteiger charge is 2.27. The van der Waals surface area contributed by atoms with Gasteiger partial charge in [0.15, 0.2) is 0 Å². The first-order valence-corrected chi connectivity index (χ1v) is 8.64. The van der Waals surface area contributed by atoms with Crippen molar-refractivity contribution in [1.82, 2.24) is 10.2 Å². The van der Waals surface area contributed by atoms with E-state index in [0.29, 0.717) is 0 Å². The molecule has 1 aliphatic carbocycles. The van der Waals surface area contributed by atoms with Crippen molar-refractivity contribution in [2.45, 2.75) is 77.3 Å². The lowest BCUT2D eigenvalue weighted by Crippen LogP contribution is -2.48. The van der Waals surface area contributed by atoms with Crippen LogP contribution in [0, 0.1) is 5.92 Å². The molecule has 0 bridgehead atoms. The predicted molar refractivity (Wildman–Crippen MR) is 87.1 cm³/mol. The van der Waals surface area contributed by atoms with Crippen LogP contribution in [0.1, 0.15) is 65.7 Å². The lowest BCUT2D eigenvalue weighted by Gasteiger charge is -2.37. The van der Waals surface area contributed by atoms with Crippen molar-refractivity contribution >= 4 is 0 Å². The highest BCUT2D eigenvalue weighted by molar-refractivity contribution is 4.86. The molecule has 3 atom stereocenters. The molecule has 0 aromatic carbocycles. The van der Waals surface area contributed by atoms with Gasteiger partial charge in [-0.1, -0.05) is 33.6 Å². The fourth-order valence-corrected chi connectivity index (χ4v) is 3.80. The van der Waals surface area contributed by atoms with E-state index in [-0.39, 0.29) is 12.1 Å². The molecule has 3 nitrogen and oxygen atoms in total. The van der Waals surface area contributed by atoms with E-state index in [1.165, 1.54) is 32.1 Å². The summed E-state index contributed by atoms with van der Waals surface area (Å²) >= 11 is 0. The monoisotopic (exact) mass is 284 g/mol. The molecule has 1 saturated carbocycles. The molecule has 0 spiro atoms. The van der Waals surface area contributed by atoms with Gasteiger partial charge >= 0.3 is 0 Å². The predicted octanol–water partition coefficient (Wildman–Crippen LogP) is 3.03. The van der Waals surface area contributed by atoms with Crippen LogP contribution in [0.4, 0.5) is 0 Å². The Kier molecular flexibility index (Phi) is 8.08. The van der Waals surface area contributed by atoms with Crippen molar-refractivity contribution in [2.75, 3.05) is 26.7 Å². The van der Waals surface area contributed by atoms with Crippen molar-refractivity contribution in [1.29, 1.82) is 0 Å². The zero-order valence-electron chi connectivity index (χ0n) is 14.1. The van der Waals surface area contributed by atoms with Gasteiger partial charge in [-0.25, -0.2) is 0 Å². The average molecular weight is 284 g/mol. The van der Waals surface area contributed by atoms with Crippen LogP contribution in [0.15, 0.2) is 0 Å². The quantitative estimate of drug-likeness (QED) is 0.683. The number of hydrogen-bond acceptors (Lipinski definition) is 3. The SMILES string of the molecule is CCNC(CC)(CO)CCCN(C)C1CCCCC1C. The van der Waals surface area contributed by atoms with E-state index in [1.54, 1.807) is 0 Å². The van der Waals surface area contributed by atoms with E-state index in [0.717, 1.165) is 37.9 Å². The van der Waals surface area contributed by atoms with Crippen molar-refractivity contribution in [2.24, 2.45) is 5.92 Å². The van der Waals surface area contributed by atoms with Crippen molar-refractivity contribution in [3.63, 3.8) is 0 Å². The maximum absolute atomic E-state index is 9.69. The highest BCUT2D eigenvalue weighted by Crippen LogP contribution is 2.28. The Balaban J connectivity index is 2.37. The van der Waals surface area contributed by atoms with Gasteiger partial charge in [-0.2, -0.15) is 0 Å². The largest absolute Gasteiger partial charge is 0.394 e. The molecule has 1 fully saturated rings. The summed E-state index contributed by atoms with van der Waals surface area (Å²) in [6, 6.07) is 0.771. The van der Waals surface area contributed by atoms with Gasteiger partial charge in [0.1, 0.15) is 0 Å². The summed E-state index contributed by atoms with van der Waals surface area (Å²) in [4.78, 5) is 2.56. The lowest BCUT2D eigenvalue weighted by molar-refractivity contribution is 0.117. The minimum Gasteiger partial charge on any atom is -0.394 e. The Labute approximate surface area is 126 Å². The summed E-state index contributed by atoms with van der Waals surface area (Å²) < 4.78 is 0. The van der Waals surface area contributed by atoms with E-state index in [2.05, 4.69) is 38.0 Å². The van der Waals surface area contributed by atoms with Crippen molar-refractivity contribution in [3.8, 4) is 0 Å². The lowest BCUT2D eigenvalue weighted by atomic mass is 9.84. The molecule has 1 aliphatic rings. The third-order valence-electron chi connectivity index (χ3n) is 5.33. The number of aliphatic hydroxyl groups excluding tert-OH is 1. The van der Waals surface area contributed by atoms with Crippen LogP contribution in [0.2, 0.25) is 0 Å². The molecular formula is C17H36N2O. The first kappa shape index (κ1) is 17.9. The summed E-state index contributed by atoms with van der Waals surface area (Å²) in [5.41, 5.74) is -0.0617. The Morgan fingerprint density at radius 1 is 1.25 bits per heavy atom. The molecule has 120 valence electrons. The normalized spacial score (nSPS) is 26.7. The van der Waals surface area contributed by atoms with Crippen LogP contribution in [0.3, 0.4) is 0 Å². The molecule has 0 saturated heterocycles. The molecule has 2 N–H and O–H groups in total. The van der Waals surface area contributed by atoms with Gasteiger partial charge in [-0.05, 0) is 58.2 Å². The molecule has 1 rings (SSSR count). The summed E-state index contributed by atoms with van der Waals surface area (Å²) in [5.74, 6) is 0.844. The molecule has 0 heterocycles. The first-order valence-electron chi connectivity index (χ1n) is 8.64. The zero-order valence-corrected chi connectivity index (χ0v) is 14.1. The second kappa shape index (κ2) is 9.01. The van der Waals surface area contributed by atoms with Crippen LogP contribution in [0.25, 0.3) is 0 Å². The van der Waals surface area contributed by atoms with Gasteiger partial charge in [0, 0.05) is 11.6 Å². The third kappa shape index (κ3) is 5.01. The number of likely N-dealkylation sites (N-methyl/N-ethyl adjacent to an activating group) is 1. The zero-order chi connectivity index (χ0) is 15.0. The first-order chi connectivity index (χ1) is 9.58. The Hall–Kier alpha value is -0.120. The van der Waals surface area contributed by atoms with E-state index >= 15 is 0 Å². The molecule has 0 amide bonds. The number of aliphatic hydroxyl groups is 1. The molecule has 3 unspecified atom stereocenters. The highest BCUT2D eigenvalue weighted by atomic mass is 16.3. The molecule has 3 heteroatoms. The summed E-state index contributed by atoms with van der Waals surface area (Å²) in [6.45, 7) is 9.04. The van der Waals surface area contributed by atoms with E-state index < -0.39 is 0 Å². The van der Waals surface area contributed by atoms with Crippen molar-refractivity contribution in [3.05, 3.63) is 0 Å². The van der Waals surface area contributed by atoms with Gasteiger partial charge in [-0.15, -0.1) is 0 Å². The third-order valence-corrected chi connectivity index (χ3v) is 5.33. The van der Waals surface area contributed by atoms with E-state index in [9.17, 15) is 5.11 Å². The molecule has 0 radical (unpaired) electrons. The van der Waals surface area contributed by atoms with Crippen molar-refractivity contribution < 1.29 is 5.11 Å². The fraction of sp³-hybridized carbons (Fsp3) is 1.00. The number of hydrogen-bond donors (Lipinski definition) is 2. The number of rotatable bonds is 9. The van der Waals surface area contributed by atoms with Crippen LogP contribution in [-0.4, -0.2) is 48.3 Å². The Morgan fingerprint density at radius 2 is 1.95 bits per heavy atom. The fourth-order valence-electron chi connectivity index (χ4n) is 3.80. The van der Waals surface area contributed by atoms with Crippen LogP contribution in [-0.2, 0) is 0 Å². The van der Waals surface area contributed by atoms with Gasteiger partial charge in [0.2, 0.25) is 0 Å². The Morgan fingerprint density at radius 3 is 2.50 bits per heavy atom. The molecule has 0 aromatic heterocycles. The minimum atomic E-state index is -0.0617. The second-order valence-corrected chi connectivity index (χ2v) is 6.74. The van der Waals surface area contributed by atoms with Gasteiger partial charge in [0.05, 0.1) is 6.61 Å². The Bertz CT molecular complexity index is 253. The number of nitrogens with zero attached hydrogens (tertiary/aromatic N) is 1. The second-order valence-electron chi connectivity index (χ2n) is 6.74. The topological polar surface area (TPSA) is 35.5 Å². The minimum absolute atomic E-state index is 0.0617. The van der Waals surface area contributed by atoms with Crippen LogP contribution < -0.4 is 5.32 Å². The maximum Gasteiger partial charge on any atom is 0.0613 e. The molecular weight excluding hydrogens is 248 g/mol. The molecule has 0 aromatic rings. The van der Waals surface area contributed by atoms with Gasteiger partial charge in [0.25, 0.3) is 0 Å². The summed E-state index contributed by atoms with van der Waals surface area (Å²) in [5, 5.41) is 13.2. The van der Waals surface area contributed by atoms with E-state index in [4.69, 9.17) is 0 Å². The number of nitrogens with one attached hydrogen (secondary N) is 1. The molecule has 0 aliphatic heterocycles. The van der Waals surface area contributed by atoms with E-state index in [1.807, 2.05) is 0 Å². The summed E-state index contributed by atoms with van der Waals surface area (Å²) in [7, 11) is 2.28. The van der Waals surface area contributed by atoms with Gasteiger partial charge < -0.3 is 15.3 Å². The van der Waals surface area contributed by atoms with Crippen LogP contribution in [0.5, 0.6) is 0 Å². The smallest absolute Gasteiger partial charge is 0.0613 e. The summed E-state index contributed by atoms with van der Waals surface area (Å²) in [6.07, 6.45) is 8.80. The van der Waals surface area contributed by atoms with Gasteiger partial charge in [-0.3, -0.25) is 0 Å². The average Bonchev–Trinajstić information content (AvgIpc) is 2.46.